The quantitative estimate of drug-likeness (QED) is 0.209. The van der Waals surface area contributed by atoms with E-state index in [-0.39, 0.29) is 23.1 Å². The monoisotopic (exact) mass is 567 g/mol. The number of amides is 2. The number of hydrogen-bond acceptors (Lipinski definition) is 7. The van der Waals surface area contributed by atoms with Gasteiger partial charge >= 0.3 is 0 Å². The molecule has 2 unspecified atom stereocenters. The van der Waals surface area contributed by atoms with Crippen LogP contribution in [0.3, 0.4) is 0 Å². The molecule has 2 amide bonds. The molecule has 0 radical (unpaired) electrons. The summed E-state index contributed by atoms with van der Waals surface area (Å²) >= 11 is 1.34. The number of aromatic nitrogens is 1. The lowest BCUT2D eigenvalue weighted by atomic mass is 9.68. The number of thiazole rings is 1. The lowest BCUT2D eigenvalue weighted by Gasteiger charge is -2.37. The number of benzene rings is 2. The van der Waals surface area contributed by atoms with Gasteiger partial charge < -0.3 is 19.5 Å². The number of ether oxygens (including phenoxy) is 3. The highest BCUT2D eigenvalue weighted by atomic mass is 32.1. The van der Waals surface area contributed by atoms with Crippen molar-refractivity contribution < 1.29 is 23.8 Å². The molecule has 2 N–H and O–H groups in total. The molecule has 40 heavy (non-hydrogen) atoms. The summed E-state index contributed by atoms with van der Waals surface area (Å²) in [6.07, 6.45) is 5.52. The average Bonchev–Trinajstić information content (AvgIpc) is 3.44. The lowest BCUT2D eigenvalue weighted by molar-refractivity contribution is -0.124. The van der Waals surface area contributed by atoms with Crippen LogP contribution in [0.25, 0.3) is 0 Å². The maximum absolute atomic E-state index is 14.1. The van der Waals surface area contributed by atoms with Crippen LogP contribution in [-0.4, -0.2) is 38.1 Å². The Morgan fingerprint density at radius 1 is 0.975 bits per heavy atom. The Hall–Kier alpha value is -3.59. The van der Waals surface area contributed by atoms with E-state index in [1.54, 1.807) is 57.2 Å². The van der Waals surface area contributed by atoms with Crippen LogP contribution in [-0.2, 0) is 4.79 Å². The maximum Gasteiger partial charge on any atom is 0.257 e. The Morgan fingerprint density at radius 3 is 2.33 bits per heavy atom. The fourth-order valence-corrected chi connectivity index (χ4v) is 5.65. The van der Waals surface area contributed by atoms with Gasteiger partial charge in [0.05, 0.1) is 27.2 Å². The van der Waals surface area contributed by atoms with E-state index < -0.39 is 5.92 Å². The van der Waals surface area contributed by atoms with Crippen LogP contribution in [0.1, 0.15) is 75.2 Å². The molecule has 2 aromatic carbocycles. The van der Waals surface area contributed by atoms with Crippen LogP contribution in [0.2, 0.25) is 0 Å². The molecule has 216 valence electrons. The number of carbonyl (C=O) groups is 2. The molecular formula is C31H41N3O5S. The Morgan fingerprint density at radius 2 is 1.73 bits per heavy atom. The third-order valence-electron chi connectivity index (χ3n) is 6.92. The van der Waals surface area contributed by atoms with Crippen LogP contribution >= 0.6 is 11.3 Å². The summed E-state index contributed by atoms with van der Waals surface area (Å²) in [5.74, 6) is 0.678. The van der Waals surface area contributed by atoms with Gasteiger partial charge in [0.15, 0.2) is 16.6 Å². The zero-order valence-corrected chi connectivity index (χ0v) is 25.3. The first-order valence-electron chi connectivity index (χ1n) is 13.5. The van der Waals surface area contributed by atoms with Gasteiger partial charge in [0.25, 0.3) is 5.91 Å². The molecule has 1 heterocycles. The number of unbranched alkanes of at least 4 members (excludes halogenated alkanes) is 2. The number of nitrogens with one attached hydrogen (secondary N) is 2. The van der Waals surface area contributed by atoms with Crippen LogP contribution in [0.5, 0.6) is 17.2 Å². The highest BCUT2D eigenvalue weighted by molar-refractivity contribution is 7.13. The van der Waals surface area contributed by atoms with Crippen molar-refractivity contribution >= 4 is 34.0 Å². The van der Waals surface area contributed by atoms with Gasteiger partial charge in [0, 0.05) is 28.4 Å². The van der Waals surface area contributed by atoms with E-state index in [0.29, 0.717) is 33.6 Å². The SMILES string of the molecule is CCCCCC(c1ccc(OC)c(OC)c1OC)C(C(=O)Nc1cccc(C(=O)Nc2nccs2)c1)C(C)(C)C. The molecular weight excluding hydrogens is 526 g/mol. The molecule has 0 fully saturated rings. The van der Waals surface area contributed by atoms with Crippen LogP contribution < -0.4 is 24.8 Å². The minimum absolute atomic E-state index is 0.122. The van der Waals surface area contributed by atoms with Crippen LogP contribution in [0.15, 0.2) is 48.0 Å². The van der Waals surface area contributed by atoms with Crippen molar-refractivity contribution in [2.24, 2.45) is 11.3 Å². The smallest absolute Gasteiger partial charge is 0.257 e. The molecule has 3 rings (SSSR count). The summed E-state index contributed by atoms with van der Waals surface area (Å²) in [6.45, 7) is 8.40. The minimum atomic E-state index is -0.413. The Balaban J connectivity index is 1.98. The predicted molar refractivity (Wildman–Crippen MR) is 161 cm³/mol. The van der Waals surface area contributed by atoms with Gasteiger partial charge in [-0.05, 0) is 42.0 Å². The molecule has 0 aliphatic rings. The third-order valence-corrected chi connectivity index (χ3v) is 7.60. The standard InChI is InChI=1S/C31H41N3O5S/c1-8-9-10-14-22(23-15-16-24(37-5)27(39-7)26(23)38-6)25(31(2,3)4)29(36)33-21-13-11-12-20(19-21)28(35)34-30-32-17-18-40-30/h11-13,15-19,22,25H,8-10,14H2,1-7H3,(H,33,36)(H,32,34,35). The van der Waals surface area contributed by atoms with Crippen molar-refractivity contribution in [3.05, 3.63) is 59.1 Å². The first-order chi connectivity index (χ1) is 19.1. The summed E-state index contributed by atoms with van der Waals surface area (Å²) in [5, 5.41) is 8.20. The Bertz CT molecular complexity index is 1270. The van der Waals surface area contributed by atoms with Crippen molar-refractivity contribution in [3.8, 4) is 17.2 Å². The van der Waals surface area contributed by atoms with Crippen LogP contribution in [0, 0.1) is 11.3 Å². The molecule has 3 aromatic rings. The molecule has 1 aromatic heterocycles. The van der Waals surface area contributed by atoms with Crippen molar-refractivity contribution in [2.75, 3.05) is 32.0 Å². The van der Waals surface area contributed by atoms with Gasteiger partial charge in [-0.1, -0.05) is 59.1 Å². The van der Waals surface area contributed by atoms with Crippen molar-refractivity contribution in [1.29, 1.82) is 0 Å². The van der Waals surface area contributed by atoms with Gasteiger partial charge in [0.2, 0.25) is 11.7 Å². The molecule has 8 nitrogen and oxygen atoms in total. The van der Waals surface area contributed by atoms with Gasteiger partial charge in [-0.3, -0.25) is 14.9 Å². The van der Waals surface area contributed by atoms with Crippen molar-refractivity contribution in [1.82, 2.24) is 4.98 Å². The van der Waals surface area contributed by atoms with Crippen molar-refractivity contribution in [3.63, 3.8) is 0 Å². The van der Waals surface area contributed by atoms with Gasteiger partial charge in [-0.15, -0.1) is 11.3 Å². The van der Waals surface area contributed by atoms with E-state index >= 15 is 0 Å². The normalized spacial score (nSPS) is 12.8. The average molecular weight is 568 g/mol. The first kappa shape index (κ1) is 30.9. The van der Waals surface area contributed by atoms with E-state index in [1.165, 1.54) is 11.3 Å². The van der Waals surface area contributed by atoms with E-state index in [1.807, 2.05) is 12.1 Å². The van der Waals surface area contributed by atoms with Gasteiger partial charge in [-0.2, -0.15) is 0 Å². The minimum Gasteiger partial charge on any atom is -0.493 e. The second-order valence-electron chi connectivity index (χ2n) is 10.7. The molecule has 0 bridgehead atoms. The highest BCUT2D eigenvalue weighted by Crippen LogP contribution is 2.49. The van der Waals surface area contributed by atoms with Crippen molar-refractivity contribution in [2.45, 2.75) is 59.3 Å². The number of methoxy groups -OCH3 is 3. The summed E-state index contributed by atoms with van der Waals surface area (Å²) in [5.41, 5.74) is 1.50. The second kappa shape index (κ2) is 14.2. The molecule has 0 saturated heterocycles. The molecule has 0 aliphatic carbocycles. The lowest BCUT2D eigenvalue weighted by Crippen LogP contribution is -2.38. The van der Waals surface area contributed by atoms with E-state index in [2.05, 4.69) is 43.3 Å². The number of hydrogen-bond donors (Lipinski definition) is 2. The maximum atomic E-state index is 14.1. The number of anilines is 2. The number of carbonyl (C=O) groups excluding carboxylic acids is 2. The molecule has 0 saturated carbocycles. The van der Waals surface area contributed by atoms with E-state index in [0.717, 1.165) is 31.2 Å². The van der Waals surface area contributed by atoms with Gasteiger partial charge in [-0.25, -0.2) is 4.98 Å². The summed E-state index contributed by atoms with van der Waals surface area (Å²) in [4.78, 5) is 31.0. The van der Waals surface area contributed by atoms with E-state index in [9.17, 15) is 9.59 Å². The second-order valence-corrected chi connectivity index (χ2v) is 11.6. The Labute approximate surface area is 241 Å². The summed E-state index contributed by atoms with van der Waals surface area (Å²) in [6, 6.07) is 10.8. The summed E-state index contributed by atoms with van der Waals surface area (Å²) in [7, 11) is 4.78. The fraction of sp³-hybridized carbons (Fsp3) is 0.452. The fourth-order valence-electron chi connectivity index (χ4n) is 5.12. The first-order valence-corrected chi connectivity index (χ1v) is 14.4. The van der Waals surface area contributed by atoms with Crippen LogP contribution in [0.4, 0.5) is 10.8 Å². The largest absolute Gasteiger partial charge is 0.493 e. The summed E-state index contributed by atoms with van der Waals surface area (Å²) < 4.78 is 17.0. The molecule has 0 aliphatic heterocycles. The molecule has 9 heteroatoms. The van der Waals surface area contributed by atoms with Gasteiger partial charge in [0.1, 0.15) is 0 Å². The zero-order valence-electron chi connectivity index (χ0n) is 24.5. The number of rotatable bonds is 13. The van der Waals surface area contributed by atoms with E-state index in [4.69, 9.17) is 14.2 Å². The molecule has 0 spiro atoms. The Kier molecular flexibility index (Phi) is 11.0. The topological polar surface area (TPSA) is 98.8 Å². The zero-order chi connectivity index (χ0) is 29.3. The molecule has 2 atom stereocenters. The number of nitrogens with zero attached hydrogens (tertiary/aromatic N) is 1. The highest BCUT2D eigenvalue weighted by Gasteiger charge is 2.40. The predicted octanol–water partition coefficient (Wildman–Crippen LogP) is 7.39. The third kappa shape index (κ3) is 7.53.